The maximum atomic E-state index is 13.6. The molecule has 1 aliphatic heterocycles. The zero-order valence-corrected chi connectivity index (χ0v) is 13.6. The average molecular weight is 323 g/mol. The Kier molecular flexibility index (Phi) is 6.36. The second kappa shape index (κ2) is 8.26. The van der Waals surface area contributed by atoms with Crippen LogP contribution in [0.2, 0.25) is 0 Å². The minimum Gasteiger partial charge on any atom is -0.399 e. The highest BCUT2D eigenvalue weighted by Crippen LogP contribution is 2.25. The Morgan fingerprint density at radius 1 is 1.52 bits per heavy atom. The summed E-state index contributed by atoms with van der Waals surface area (Å²) in [6.07, 6.45) is 3.28. The summed E-state index contributed by atoms with van der Waals surface area (Å²) in [5.41, 5.74) is 6.14. The first-order valence-electron chi connectivity index (χ1n) is 8.21. The molecular weight excluding hydrogens is 297 g/mol. The van der Waals surface area contributed by atoms with Gasteiger partial charge in [0.1, 0.15) is 5.82 Å². The molecule has 0 saturated carbocycles. The predicted octanol–water partition coefficient (Wildman–Crippen LogP) is 2.22. The third kappa shape index (κ3) is 4.91. The number of rotatable bonds is 6. The molecule has 1 fully saturated rings. The van der Waals surface area contributed by atoms with Crippen molar-refractivity contribution < 1.29 is 14.3 Å². The molecule has 0 aromatic heterocycles. The number of nitrogen functional groups attached to an aromatic ring is 1. The van der Waals surface area contributed by atoms with E-state index >= 15 is 0 Å². The van der Waals surface area contributed by atoms with Gasteiger partial charge in [-0.3, -0.25) is 9.69 Å². The molecule has 0 spiro atoms. The molecular formula is C17H26FN3O2. The first-order chi connectivity index (χ1) is 11.0. The molecule has 1 heterocycles. The summed E-state index contributed by atoms with van der Waals surface area (Å²) in [7, 11) is 0. The number of aliphatic hydroxyl groups excluding tert-OH is 1. The lowest BCUT2D eigenvalue weighted by atomic mass is 9.89. The molecule has 2 rings (SSSR count). The standard InChI is InChI=1S/C17H26FN3O2/c1-12-3-2-8-21(16(12)7-10-22)9-6-17(23)20-15-11-13(19)4-5-14(15)18/h4-5,11-12,16,22H,2-3,6-10,19H2,1H3,(H,20,23). The van der Waals surface area contributed by atoms with Crippen molar-refractivity contribution in [1.29, 1.82) is 0 Å². The normalized spacial score (nSPS) is 22.0. The minimum atomic E-state index is -0.489. The summed E-state index contributed by atoms with van der Waals surface area (Å²) in [5.74, 6) is -0.196. The number of hydrogen-bond donors (Lipinski definition) is 3. The lowest BCUT2D eigenvalue weighted by molar-refractivity contribution is -0.116. The highest BCUT2D eigenvalue weighted by atomic mass is 19.1. The first-order valence-corrected chi connectivity index (χ1v) is 8.21. The molecule has 0 bridgehead atoms. The van der Waals surface area contributed by atoms with E-state index in [-0.39, 0.29) is 18.2 Å². The van der Waals surface area contributed by atoms with Gasteiger partial charge in [-0.25, -0.2) is 4.39 Å². The third-order valence-electron chi connectivity index (χ3n) is 4.55. The van der Waals surface area contributed by atoms with E-state index < -0.39 is 5.82 Å². The van der Waals surface area contributed by atoms with Crippen LogP contribution in [0.3, 0.4) is 0 Å². The summed E-state index contributed by atoms with van der Waals surface area (Å²) in [6.45, 7) is 3.90. The molecule has 128 valence electrons. The number of anilines is 2. The van der Waals surface area contributed by atoms with Crippen LogP contribution in [-0.2, 0) is 4.79 Å². The summed E-state index contributed by atoms with van der Waals surface area (Å²) in [6, 6.07) is 4.43. The van der Waals surface area contributed by atoms with E-state index in [0.29, 0.717) is 30.6 Å². The third-order valence-corrected chi connectivity index (χ3v) is 4.55. The van der Waals surface area contributed by atoms with E-state index in [2.05, 4.69) is 17.1 Å². The first kappa shape index (κ1) is 17.7. The fourth-order valence-electron chi connectivity index (χ4n) is 3.31. The SMILES string of the molecule is CC1CCCN(CCC(=O)Nc2cc(N)ccc2F)C1CCO. The Hall–Kier alpha value is -1.66. The van der Waals surface area contributed by atoms with Gasteiger partial charge in [0.25, 0.3) is 0 Å². The van der Waals surface area contributed by atoms with Crippen LogP contribution in [0.15, 0.2) is 18.2 Å². The van der Waals surface area contributed by atoms with Crippen molar-refractivity contribution in [3.05, 3.63) is 24.0 Å². The predicted molar refractivity (Wildman–Crippen MR) is 89.5 cm³/mol. The van der Waals surface area contributed by atoms with Crippen LogP contribution in [0.1, 0.15) is 32.6 Å². The summed E-state index contributed by atoms with van der Waals surface area (Å²) >= 11 is 0. The van der Waals surface area contributed by atoms with Crippen LogP contribution in [0.5, 0.6) is 0 Å². The number of benzene rings is 1. The Labute approximate surface area is 136 Å². The molecule has 23 heavy (non-hydrogen) atoms. The van der Waals surface area contributed by atoms with E-state index in [9.17, 15) is 14.3 Å². The quantitative estimate of drug-likeness (QED) is 0.702. The number of aliphatic hydroxyl groups is 1. The second-order valence-electron chi connectivity index (χ2n) is 6.27. The molecule has 6 heteroatoms. The largest absolute Gasteiger partial charge is 0.399 e. The van der Waals surface area contributed by atoms with E-state index in [1.165, 1.54) is 18.2 Å². The smallest absolute Gasteiger partial charge is 0.225 e. The minimum absolute atomic E-state index is 0.119. The van der Waals surface area contributed by atoms with Crippen LogP contribution < -0.4 is 11.1 Å². The molecule has 2 unspecified atom stereocenters. The van der Waals surface area contributed by atoms with Gasteiger partial charge in [0, 0.05) is 31.3 Å². The van der Waals surface area contributed by atoms with E-state index in [4.69, 9.17) is 5.73 Å². The number of nitrogens with one attached hydrogen (secondary N) is 1. The van der Waals surface area contributed by atoms with Crippen LogP contribution in [0.4, 0.5) is 15.8 Å². The number of carbonyl (C=O) groups excluding carboxylic acids is 1. The summed E-state index contributed by atoms with van der Waals surface area (Å²) in [4.78, 5) is 14.3. The number of nitrogens with two attached hydrogens (primary N) is 1. The number of nitrogens with zero attached hydrogens (tertiary/aromatic N) is 1. The Morgan fingerprint density at radius 2 is 2.30 bits per heavy atom. The number of amides is 1. The van der Waals surface area contributed by atoms with Crippen LogP contribution in [0.25, 0.3) is 0 Å². The van der Waals surface area contributed by atoms with Gasteiger partial charge >= 0.3 is 0 Å². The van der Waals surface area contributed by atoms with Gasteiger partial charge in [-0.15, -0.1) is 0 Å². The Morgan fingerprint density at radius 3 is 3.04 bits per heavy atom. The van der Waals surface area contributed by atoms with E-state index in [0.717, 1.165) is 25.8 Å². The van der Waals surface area contributed by atoms with Gasteiger partial charge < -0.3 is 16.2 Å². The van der Waals surface area contributed by atoms with E-state index in [1.54, 1.807) is 0 Å². The number of halogens is 1. The Bertz CT molecular complexity index is 539. The van der Waals surface area contributed by atoms with Crippen molar-refractivity contribution in [3.8, 4) is 0 Å². The van der Waals surface area contributed by atoms with Crippen molar-refractivity contribution in [2.75, 3.05) is 30.7 Å². The Balaban J connectivity index is 1.89. The molecule has 5 nitrogen and oxygen atoms in total. The van der Waals surface area contributed by atoms with Crippen molar-refractivity contribution in [1.82, 2.24) is 4.90 Å². The topological polar surface area (TPSA) is 78.6 Å². The second-order valence-corrected chi connectivity index (χ2v) is 6.27. The van der Waals surface area contributed by atoms with Gasteiger partial charge in [-0.1, -0.05) is 6.92 Å². The van der Waals surface area contributed by atoms with Crippen molar-refractivity contribution >= 4 is 17.3 Å². The van der Waals surface area contributed by atoms with Crippen LogP contribution >= 0.6 is 0 Å². The monoisotopic (exact) mass is 323 g/mol. The van der Waals surface area contributed by atoms with E-state index in [1.807, 2.05) is 0 Å². The fourth-order valence-corrected chi connectivity index (χ4v) is 3.31. The average Bonchev–Trinajstić information content (AvgIpc) is 2.51. The van der Waals surface area contributed by atoms with Gasteiger partial charge in [0.2, 0.25) is 5.91 Å². The maximum absolute atomic E-state index is 13.6. The van der Waals surface area contributed by atoms with Gasteiger partial charge in [-0.2, -0.15) is 0 Å². The molecule has 1 aliphatic rings. The number of carbonyl (C=O) groups is 1. The number of hydrogen-bond acceptors (Lipinski definition) is 4. The zero-order valence-electron chi connectivity index (χ0n) is 13.6. The van der Waals surface area contributed by atoms with Gasteiger partial charge in [-0.05, 0) is 49.9 Å². The van der Waals surface area contributed by atoms with Gasteiger partial charge in [0.05, 0.1) is 5.69 Å². The highest BCUT2D eigenvalue weighted by molar-refractivity contribution is 5.91. The lowest BCUT2D eigenvalue weighted by Crippen LogP contribution is -2.45. The molecule has 1 aromatic carbocycles. The molecule has 0 aliphatic carbocycles. The number of piperidine rings is 1. The van der Waals surface area contributed by atoms with Crippen LogP contribution in [-0.4, -0.2) is 41.7 Å². The summed E-state index contributed by atoms with van der Waals surface area (Å²) in [5, 5.41) is 11.8. The fraction of sp³-hybridized carbons (Fsp3) is 0.588. The summed E-state index contributed by atoms with van der Waals surface area (Å²) < 4.78 is 13.6. The van der Waals surface area contributed by atoms with Crippen molar-refractivity contribution in [2.45, 2.75) is 38.6 Å². The molecule has 1 aromatic rings. The molecule has 4 N–H and O–H groups in total. The van der Waals surface area contributed by atoms with Crippen molar-refractivity contribution in [2.24, 2.45) is 5.92 Å². The molecule has 2 atom stereocenters. The highest BCUT2D eigenvalue weighted by Gasteiger charge is 2.28. The number of likely N-dealkylation sites (tertiary alicyclic amines) is 1. The van der Waals surface area contributed by atoms with Crippen LogP contribution in [0, 0.1) is 11.7 Å². The van der Waals surface area contributed by atoms with Gasteiger partial charge in [0.15, 0.2) is 0 Å². The maximum Gasteiger partial charge on any atom is 0.225 e. The molecule has 1 amide bonds. The molecule has 0 radical (unpaired) electrons. The zero-order chi connectivity index (χ0) is 16.8. The lowest BCUT2D eigenvalue weighted by Gasteiger charge is -2.39. The molecule has 1 saturated heterocycles. The van der Waals surface area contributed by atoms with Crippen molar-refractivity contribution in [3.63, 3.8) is 0 Å².